The third-order valence-corrected chi connectivity index (χ3v) is 17.4. The normalized spacial score (nSPS) is 14.9. The minimum absolute atomic E-state index is 0. The predicted molar refractivity (Wildman–Crippen MR) is 357 cm³/mol. The highest BCUT2D eigenvalue weighted by atomic mass is 32.3. The lowest BCUT2D eigenvalue weighted by Gasteiger charge is -2.33. The number of carbonyl (C=O) groups is 5. The lowest BCUT2D eigenvalue weighted by molar-refractivity contribution is -0.138. The number of hydrogen-bond acceptors (Lipinski definition) is 21. The third kappa shape index (κ3) is 30.8. The Morgan fingerprint density at radius 2 is 1.27 bits per heavy atom. The molecule has 0 spiro atoms. The highest BCUT2D eigenvalue weighted by Gasteiger charge is 2.31. The van der Waals surface area contributed by atoms with Crippen molar-refractivity contribution in [3.63, 3.8) is 0 Å². The van der Waals surface area contributed by atoms with Gasteiger partial charge in [0.1, 0.15) is 17.8 Å². The number of likely N-dealkylation sites (N-methyl/N-ethyl adjacent to an activating group) is 3. The molecule has 0 bridgehead atoms. The van der Waals surface area contributed by atoms with E-state index in [1.807, 2.05) is 18.5 Å². The van der Waals surface area contributed by atoms with E-state index in [9.17, 15) is 51.2 Å². The van der Waals surface area contributed by atoms with E-state index >= 15 is 0 Å². The molecule has 0 aliphatic carbocycles. The maximum atomic E-state index is 13.4. The third-order valence-electron chi connectivity index (χ3n) is 14.8. The summed E-state index contributed by atoms with van der Waals surface area (Å²) >= 11 is 0. The second-order valence-corrected chi connectivity index (χ2v) is 25.0. The van der Waals surface area contributed by atoms with Gasteiger partial charge in [0.15, 0.2) is 5.95 Å². The number of nitrogens with zero attached hydrogens (tertiary/aromatic N) is 7. The fourth-order valence-corrected chi connectivity index (χ4v) is 12.1. The van der Waals surface area contributed by atoms with Crippen LogP contribution in [0.2, 0.25) is 0 Å². The zero-order chi connectivity index (χ0) is 66.6. The Balaban J connectivity index is 0.000000490. The number of carboxylic acids is 1. The number of amides is 4. The summed E-state index contributed by atoms with van der Waals surface area (Å²) in [6.07, 6.45) is 7.84. The van der Waals surface area contributed by atoms with Gasteiger partial charge >= 0.3 is 5.97 Å². The van der Waals surface area contributed by atoms with Gasteiger partial charge in [-0.2, -0.15) is 9.82 Å². The molecule has 2 aromatic heterocycles. The number of carboxylic acid groups (broad SMARTS) is 1. The van der Waals surface area contributed by atoms with Crippen LogP contribution < -0.4 is 36.0 Å². The van der Waals surface area contributed by atoms with Crippen LogP contribution in [0.4, 0.5) is 5.95 Å². The number of benzene rings is 2. The highest BCUT2D eigenvalue weighted by Crippen LogP contribution is 2.33. The molecule has 0 saturated carbocycles. The molecule has 29 nitrogen and oxygen atoms in total. The molecule has 1 fully saturated rings. The Labute approximate surface area is 545 Å². The standard InChI is InChI=1S/C34H46N8O8S.C26H56N6O7S.CH4/c1-4-49-16-7-12-35-30(43)8-5-17-50-27-18-23(2)31(24(3)19-27)51(47,48)41-28(33(45)46)22-39-32(44)25-9-10-29-26(20-25)21-40-42(29)15-6-11-36-34-37-13-14-38-34;1-5-29-11-13-30(6-2)15-17-32(18-16-31(7-3)14-12-29)22-25(33)28-24(23-40(35,36)37)26(34)27-10-9-19-39-21-20-38-8-4;/h9-10,13-14,18-21,28,41H,4-8,11-12,15-17,22H2,1-3H3,(H,35,43)(H,39,44)(H,45,46)(H2,36,37,38);24,35-37H,5-23H2,1-4H3,(H,27,34)(H,28,33);1H4/t28-;24-;/m01./s1. The maximum absolute atomic E-state index is 13.4. The van der Waals surface area contributed by atoms with Crippen LogP contribution in [-0.4, -0.2) is 265 Å². The molecule has 522 valence electrons. The van der Waals surface area contributed by atoms with Crippen molar-refractivity contribution in [2.45, 2.75) is 112 Å². The molecule has 1 aliphatic rings. The van der Waals surface area contributed by atoms with Crippen molar-refractivity contribution in [1.29, 1.82) is 0 Å². The number of H-pyrrole nitrogens is 1. The van der Waals surface area contributed by atoms with Crippen molar-refractivity contribution in [2.24, 2.45) is 0 Å². The summed E-state index contributed by atoms with van der Waals surface area (Å²) in [4.78, 5) is 79.2. The Morgan fingerprint density at radius 3 is 1.85 bits per heavy atom. The second kappa shape index (κ2) is 43.8. The number of hydrogen-bond donors (Lipinski definition) is 11. The molecule has 4 amide bonds. The van der Waals surface area contributed by atoms with E-state index in [0.29, 0.717) is 108 Å². The number of aryl methyl sites for hydroxylation is 3. The lowest BCUT2D eigenvalue weighted by Crippen LogP contribution is -2.53. The van der Waals surface area contributed by atoms with Crippen LogP contribution >= 0.6 is 10.9 Å². The molecule has 3 heterocycles. The van der Waals surface area contributed by atoms with E-state index in [-0.39, 0.29) is 49.9 Å². The first-order valence-corrected chi connectivity index (χ1v) is 34.7. The van der Waals surface area contributed by atoms with Crippen molar-refractivity contribution in [3.8, 4) is 5.75 Å². The number of carbonyl (C=O) groups excluding carboxylic acids is 4. The minimum atomic E-state index is -4.32. The van der Waals surface area contributed by atoms with Crippen LogP contribution in [0, 0.1) is 13.8 Å². The molecule has 31 heteroatoms. The van der Waals surface area contributed by atoms with Gasteiger partial charge in [-0.25, -0.2) is 13.4 Å². The van der Waals surface area contributed by atoms with Crippen molar-refractivity contribution in [2.75, 3.05) is 162 Å². The Bertz CT molecular complexity index is 2860. The molecule has 0 unspecified atom stereocenters. The number of sulfonamides is 1. The summed E-state index contributed by atoms with van der Waals surface area (Å²) in [5.41, 5.74) is 1.80. The van der Waals surface area contributed by atoms with Gasteiger partial charge in [0.05, 0.1) is 59.6 Å². The number of aliphatic carboxylic acids is 1. The van der Waals surface area contributed by atoms with Gasteiger partial charge in [-0.15, -0.1) is 0 Å². The molecule has 0 radical (unpaired) electrons. The van der Waals surface area contributed by atoms with Gasteiger partial charge in [0, 0.05) is 141 Å². The van der Waals surface area contributed by atoms with Crippen molar-refractivity contribution in [1.82, 2.24) is 65.3 Å². The Hall–Kier alpha value is -6.07. The number of aromatic amines is 1. The molecule has 1 aliphatic heterocycles. The summed E-state index contributed by atoms with van der Waals surface area (Å²) in [5, 5.41) is 28.8. The topological polar surface area (TPSA) is 369 Å². The number of rotatable bonds is 39. The monoisotopic (exact) mass is 1340 g/mol. The van der Waals surface area contributed by atoms with Crippen molar-refractivity contribution < 1.29 is 70.1 Å². The van der Waals surface area contributed by atoms with Crippen LogP contribution in [0.15, 0.2) is 53.8 Å². The van der Waals surface area contributed by atoms with Gasteiger partial charge < -0.3 is 84.0 Å². The number of imidazole rings is 1. The van der Waals surface area contributed by atoms with Gasteiger partial charge in [0.2, 0.25) is 27.7 Å². The number of fused-ring (bicyclic) bond motifs is 1. The number of anilines is 1. The molecule has 1 saturated heterocycles. The summed E-state index contributed by atoms with van der Waals surface area (Å²) in [7, 11) is -8.31. The first-order chi connectivity index (χ1) is 43.6. The van der Waals surface area contributed by atoms with Crippen LogP contribution in [0.5, 0.6) is 5.75 Å². The van der Waals surface area contributed by atoms with Crippen molar-refractivity contribution >= 4 is 67.3 Å². The van der Waals surface area contributed by atoms with Crippen LogP contribution in [0.3, 0.4) is 0 Å². The first kappa shape index (κ1) is 80.2. The van der Waals surface area contributed by atoms with E-state index in [1.165, 1.54) is 0 Å². The molecular formula is C61H106N14O15S2. The van der Waals surface area contributed by atoms with E-state index in [4.69, 9.17) is 18.9 Å². The van der Waals surface area contributed by atoms with E-state index in [1.54, 1.807) is 62.8 Å². The van der Waals surface area contributed by atoms with Gasteiger partial charge in [0.25, 0.3) is 5.91 Å². The molecule has 5 rings (SSSR count). The average Bonchev–Trinajstić information content (AvgIpc) is 1.27. The van der Waals surface area contributed by atoms with E-state index in [2.05, 4.69) is 86.7 Å². The number of nitrogens with one attached hydrogen (secondary N) is 7. The highest BCUT2D eigenvalue weighted by molar-refractivity contribution is 8.19. The van der Waals surface area contributed by atoms with Gasteiger partial charge in [-0.3, -0.25) is 33.6 Å². The van der Waals surface area contributed by atoms with Crippen LogP contribution in [0.25, 0.3) is 10.9 Å². The fraction of sp³-hybridized carbons (Fsp3) is 0.656. The molecule has 92 heavy (non-hydrogen) atoms. The largest absolute Gasteiger partial charge is 0.494 e. The molecule has 11 N–H and O–H groups in total. The molecular weight excluding hydrogens is 1230 g/mol. The molecule has 2 aromatic carbocycles. The molecule has 4 aromatic rings. The van der Waals surface area contributed by atoms with Crippen LogP contribution in [-0.2, 0) is 50.0 Å². The fourth-order valence-electron chi connectivity index (χ4n) is 9.81. The SMILES string of the molecule is C.CCOCCCNC(=O)CCCOc1cc(C)c(S(=O)(=O)N[C@@H](CNC(=O)c2ccc3c(cnn3CCCNc3ncc[nH]3)c2)C(=O)O)c(C)c1.CCOCCOCCCNC(=O)[C@@H](CS(O)(O)O)NC(=O)CN1CCN(CC)CCN(CC)CCN(CC)CC1. The van der Waals surface area contributed by atoms with E-state index in [0.717, 1.165) is 82.6 Å². The van der Waals surface area contributed by atoms with Crippen molar-refractivity contribution in [3.05, 3.63) is 65.6 Å². The van der Waals surface area contributed by atoms with Gasteiger partial charge in [-0.05, 0) is 114 Å². The number of aromatic nitrogens is 4. The summed E-state index contributed by atoms with van der Waals surface area (Å²) in [6, 6.07) is 5.19. The smallest absolute Gasteiger partial charge is 0.323 e. The van der Waals surface area contributed by atoms with Gasteiger partial charge in [-0.1, -0.05) is 28.2 Å². The molecule has 2 atom stereocenters. The van der Waals surface area contributed by atoms with Crippen LogP contribution in [0.1, 0.15) is 95.6 Å². The zero-order valence-electron chi connectivity index (χ0n) is 54.2. The minimum Gasteiger partial charge on any atom is -0.494 e. The quantitative estimate of drug-likeness (QED) is 0.0282. The lowest BCUT2D eigenvalue weighted by atomic mass is 10.1. The summed E-state index contributed by atoms with van der Waals surface area (Å²) in [5.74, 6) is -2.65. The van der Waals surface area contributed by atoms with E-state index < -0.39 is 69.0 Å². The predicted octanol–water partition coefficient (Wildman–Crippen LogP) is 3.91. The average molecular weight is 1340 g/mol. The summed E-state index contributed by atoms with van der Waals surface area (Å²) in [6.45, 7) is 28.5. The Kier molecular flexibility index (Phi) is 38.1. The zero-order valence-corrected chi connectivity index (χ0v) is 55.8. The summed E-state index contributed by atoms with van der Waals surface area (Å²) < 4.78 is 81.3. The first-order valence-electron chi connectivity index (χ1n) is 31.5. The second-order valence-electron chi connectivity index (χ2n) is 21.8. The maximum Gasteiger partial charge on any atom is 0.323 e. The number of ether oxygens (including phenoxy) is 4. The Morgan fingerprint density at radius 1 is 0.685 bits per heavy atom.